The fourth-order valence-electron chi connectivity index (χ4n) is 3.29. The minimum absolute atomic E-state index is 0.429. The third kappa shape index (κ3) is 1.94. The Bertz CT molecular complexity index is 530. The fraction of sp³-hybridized carbons (Fsp3) is 0.444. The number of hydrogen-bond donors (Lipinski definition) is 0. The molecule has 0 aromatic heterocycles. The van der Waals surface area contributed by atoms with E-state index in [1.54, 1.807) is 11.1 Å². The van der Waals surface area contributed by atoms with Crippen molar-refractivity contribution in [2.24, 2.45) is 11.3 Å². The van der Waals surface area contributed by atoms with E-state index < -0.39 is 0 Å². The van der Waals surface area contributed by atoms with Gasteiger partial charge in [-0.3, -0.25) is 0 Å². The largest absolute Gasteiger partial charge is 0.0622 e. The summed E-state index contributed by atoms with van der Waals surface area (Å²) in [5, 5.41) is 0. The second kappa shape index (κ2) is 4.12. The van der Waals surface area contributed by atoms with Crippen molar-refractivity contribution in [3.63, 3.8) is 0 Å². The Morgan fingerprint density at radius 3 is 2.61 bits per heavy atom. The van der Waals surface area contributed by atoms with Crippen LogP contribution in [0.4, 0.5) is 0 Å². The van der Waals surface area contributed by atoms with Gasteiger partial charge in [-0.2, -0.15) is 0 Å². The number of aryl methyl sites for hydroxylation is 1. The van der Waals surface area contributed by atoms with Crippen molar-refractivity contribution in [2.75, 3.05) is 0 Å². The second-order valence-electron chi connectivity index (χ2n) is 6.73. The molecule has 0 heteroatoms. The SMILES string of the molecule is CC(C)(C)C1CCc2cc3cccccc-3c2C1. The summed E-state index contributed by atoms with van der Waals surface area (Å²) in [4.78, 5) is 0. The number of fused-ring (bicyclic) bond motifs is 3. The van der Waals surface area contributed by atoms with Gasteiger partial charge in [0.2, 0.25) is 0 Å². The average Bonchev–Trinajstić information content (AvgIpc) is 2.50. The molecule has 0 aromatic carbocycles. The number of rotatable bonds is 0. The normalized spacial score (nSPS) is 19.8. The summed E-state index contributed by atoms with van der Waals surface area (Å²) < 4.78 is 0. The van der Waals surface area contributed by atoms with Gasteiger partial charge in [0.1, 0.15) is 0 Å². The van der Waals surface area contributed by atoms with Crippen molar-refractivity contribution < 1.29 is 0 Å². The smallest absolute Gasteiger partial charge is 0.0149 e. The summed E-state index contributed by atoms with van der Waals surface area (Å²) in [5.74, 6) is 0.820. The minimum atomic E-state index is 0.429. The third-order valence-corrected chi connectivity index (χ3v) is 4.55. The molecular weight excluding hydrogens is 216 g/mol. The summed E-state index contributed by atoms with van der Waals surface area (Å²) in [5.41, 5.74) is 6.53. The zero-order chi connectivity index (χ0) is 12.8. The molecule has 1 unspecified atom stereocenters. The first-order chi connectivity index (χ1) is 8.55. The maximum absolute atomic E-state index is 2.41. The highest BCUT2D eigenvalue weighted by Crippen LogP contribution is 2.42. The van der Waals surface area contributed by atoms with E-state index in [9.17, 15) is 0 Å². The van der Waals surface area contributed by atoms with Crippen molar-refractivity contribution in [3.05, 3.63) is 47.5 Å². The van der Waals surface area contributed by atoms with Gasteiger partial charge in [0.25, 0.3) is 0 Å². The van der Waals surface area contributed by atoms with Crippen molar-refractivity contribution in [1.29, 1.82) is 0 Å². The Morgan fingerprint density at radius 2 is 1.83 bits per heavy atom. The zero-order valence-corrected chi connectivity index (χ0v) is 11.7. The summed E-state index contributed by atoms with van der Waals surface area (Å²) in [6.07, 6.45) is 3.86. The van der Waals surface area contributed by atoms with Gasteiger partial charge in [-0.1, -0.05) is 57.2 Å². The van der Waals surface area contributed by atoms with E-state index in [4.69, 9.17) is 0 Å². The Morgan fingerprint density at radius 1 is 1.06 bits per heavy atom. The zero-order valence-electron chi connectivity index (χ0n) is 11.7. The molecule has 0 nitrogen and oxygen atoms in total. The molecule has 0 radical (unpaired) electrons. The van der Waals surface area contributed by atoms with Gasteiger partial charge in [0, 0.05) is 0 Å². The van der Waals surface area contributed by atoms with Crippen LogP contribution in [0.2, 0.25) is 0 Å². The van der Waals surface area contributed by atoms with E-state index in [0.29, 0.717) is 5.41 Å². The van der Waals surface area contributed by atoms with Crippen LogP contribution in [0, 0.1) is 11.3 Å². The van der Waals surface area contributed by atoms with E-state index >= 15 is 0 Å². The Kier molecular flexibility index (Phi) is 2.69. The first kappa shape index (κ1) is 11.8. The van der Waals surface area contributed by atoms with Gasteiger partial charge in [-0.25, -0.2) is 0 Å². The predicted octanol–water partition coefficient (Wildman–Crippen LogP) is 4.94. The molecule has 0 N–H and O–H groups in total. The van der Waals surface area contributed by atoms with E-state index in [0.717, 1.165) is 5.92 Å². The van der Waals surface area contributed by atoms with Crippen LogP contribution in [0.1, 0.15) is 38.3 Å². The lowest BCUT2D eigenvalue weighted by atomic mass is 9.71. The van der Waals surface area contributed by atoms with Gasteiger partial charge in [-0.15, -0.1) is 0 Å². The minimum Gasteiger partial charge on any atom is -0.0622 e. The Labute approximate surface area is 110 Å². The van der Waals surface area contributed by atoms with Gasteiger partial charge in [-0.05, 0) is 52.8 Å². The average molecular weight is 238 g/mol. The maximum atomic E-state index is 2.41. The monoisotopic (exact) mass is 238 g/mol. The van der Waals surface area contributed by atoms with Gasteiger partial charge < -0.3 is 0 Å². The molecule has 0 saturated heterocycles. The topological polar surface area (TPSA) is 0 Å². The lowest BCUT2D eigenvalue weighted by molar-refractivity contribution is 0.217. The lowest BCUT2D eigenvalue weighted by Gasteiger charge is -2.34. The van der Waals surface area contributed by atoms with Crippen molar-refractivity contribution in [2.45, 2.75) is 40.0 Å². The quantitative estimate of drug-likeness (QED) is 0.609. The van der Waals surface area contributed by atoms with Crippen molar-refractivity contribution >= 4 is 0 Å². The van der Waals surface area contributed by atoms with Crippen LogP contribution in [0.15, 0.2) is 36.4 Å². The molecule has 94 valence electrons. The molecule has 0 amide bonds. The molecular formula is C18H22. The first-order valence-electron chi connectivity index (χ1n) is 7.05. The molecule has 0 saturated carbocycles. The Hall–Kier alpha value is -1.30. The number of hydrogen-bond acceptors (Lipinski definition) is 0. The summed E-state index contributed by atoms with van der Waals surface area (Å²) in [7, 11) is 0. The summed E-state index contributed by atoms with van der Waals surface area (Å²) in [6.45, 7) is 7.15. The molecule has 3 rings (SSSR count). The molecule has 3 aliphatic rings. The standard InChI is InChI=1S/C18H22/c1-18(2,3)15-10-9-14-11-13-7-5-4-6-8-16(13)17(14)12-15/h4-8,11,15H,9-10,12H2,1-3H3. The van der Waals surface area contributed by atoms with E-state index in [1.807, 2.05) is 0 Å². The van der Waals surface area contributed by atoms with Crippen LogP contribution in [-0.2, 0) is 12.8 Å². The highest BCUT2D eigenvalue weighted by molar-refractivity contribution is 5.73. The van der Waals surface area contributed by atoms with Crippen LogP contribution >= 0.6 is 0 Å². The molecule has 3 aliphatic carbocycles. The van der Waals surface area contributed by atoms with Crippen LogP contribution < -0.4 is 0 Å². The summed E-state index contributed by atoms with van der Waals surface area (Å²) >= 11 is 0. The van der Waals surface area contributed by atoms with Crippen LogP contribution in [0.3, 0.4) is 0 Å². The first-order valence-corrected chi connectivity index (χ1v) is 7.05. The molecule has 0 fully saturated rings. The predicted molar refractivity (Wildman–Crippen MR) is 78.0 cm³/mol. The van der Waals surface area contributed by atoms with E-state index in [1.165, 1.54) is 30.4 Å². The Balaban J connectivity index is 2.05. The van der Waals surface area contributed by atoms with E-state index in [-0.39, 0.29) is 0 Å². The molecule has 0 heterocycles. The highest BCUT2D eigenvalue weighted by atomic mass is 14.4. The molecule has 0 spiro atoms. The van der Waals surface area contributed by atoms with E-state index in [2.05, 4.69) is 57.2 Å². The molecule has 0 bridgehead atoms. The van der Waals surface area contributed by atoms with Crippen LogP contribution in [-0.4, -0.2) is 0 Å². The fourth-order valence-corrected chi connectivity index (χ4v) is 3.29. The van der Waals surface area contributed by atoms with Gasteiger partial charge in [0.15, 0.2) is 0 Å². The van der Waals surface area contributed by atoms with Gasteiger partial charge in [0.05, 0.1) is 0 Å². The van der Waals surface area contributed by atoms with Gasteiger partial charge >= 0.3 is 0 Å². The maximum Gasteiger partial charge on any atom is -0.0149 e. The highest BCUT2D eigenvalue weighted by Gasteiger charge is 2.30. The molecule has 0 aliphatic heterocycles. The van der Waals surface area contributed by atoms with Crippen molar-refractivity contribution in [3.8, 4) is 11.1 Å². The lowest BCUT2D eigenvalue weighted by Crippen LogP contribution is -2.26. The summed E-state index contributed by atoms with van der Waals surface area (Å²) in [6, 6.07) is 13.4. The van der Waals surface area contributed by atoms with Crippen LogP contribution in [0.25, 0.3) is 11.1 Å². The second-order valence-corrected chi connectivity index (χ2v) is 6.73. The molecule has 18 heavy (non-hydrogen) atoms. The van der Waals surface area contributed by atoms with Crippen LogP contribution in [0.5, 0.6) is 0 Å². The van der Waals surface area contributed by atoms with Crippen molar-refractivity contribution in [1.82, 2.24) is 0 Å². The molecule has 1 atom stereocenters. The molecule has 0 aromatic rings. The third-order valence-electron chi connectivity index (χ3n) is 4.55.